The lowest BCUT2D eigenvalue weighted by Gasteiger charge is -2.14. The third-order valence-electron chi connectivity index (χ3n) is 2.00. The summed E-state index contributed by atoms with van der Waals surface area (Å²) in [7, 11) is 0. The maximum Gasteiger partial charge on any atom is 0.351 e. The highest BCUT2D eigenvalue weighted by molar-refractivity contribution is 8.04. The highest BCUT2D eigenvalue weighted by Gasteiger charge is 2.31. The van der Waals surface area contributed by atoms with Crippen LogP contribution in [0.25, 0.3) is 0 Å². The Balaban J connectivity index is 3.05. The van der Waals surface area contributed by atoms with Gasteiger partial charge in [0.15, 0.2) is 5.57 Å². The van der Waals surface area contributed by atoms with Crippen molar-refractivity contribution in [3.8, 4) is 6.07 Å². The van der Waals surface area contributed by atoms with E-state index in [0.29, 0.717) is 11.6 Å². The molecule has 1 rings (SSSR count). The minimum absolute atomic E-state index is 0.0837. The van der Waals surface area contributed by atoms with Crippen LogP contribution in [0.5, 0.6) is 0 Å². The molecule has 0 bridgehead atoms. The Kier molecular flexibility index (Phi) is 4.38. The first kappa shape index (κ1) is 12.6. The van der Waals surface area contributed by atoms with Gasteiger partial charge in [-0.1, -0.05) is 11.8 Å². The average Bonchev–Trinajstić information content (AvgIpc) is 2.61. The predicted molar refractivity (Wildman–Crippen MR) is 59.1 cm³/mol. The molecule has 0 aromatic rings. The summed E-state index contributed by atoms with van der Waals surface area (Å²) in [4.78, 5) is 24.3. The zero-order valence-electron chi connectivity index (χ0n) is 9.15. The molecule has 0 atom stereocenters. The van der Waals surface area contributed by atoms with Gasteiger partial charge in [0, 0.05) is 6.54 Å². The fourth-order valence-corrected chi connectivity index (χ4v) is 2.39. The molecule has 1 amide bonds. The Bertz CT molecular complexity index is 384. The first-order valence-corrected chi connectivity index (χ1v) is 5.88. The van der Waals surface area contributed by atoms with E-state index in [2.05, 4.69) is 0 Å². The minimum Gasteiger partial charge on any atom is -0.462 e. The molecular formula is C10H12N2O3S. The van der Waals surface area contributed by atoms with Crippen LogP contribution in [0.1, 0.15) is 13.8 Å². The van der Waals surface area contributed by atoms with Crippen LogP contribution in [0.3, 0.4) is 0 Å². The largest absolute Gasteiger partial charge is 0.462 e. The van der Waals surface area contributed by atoms with Gasteiger partial charge in [0.25, 0.3) is 0 Å². The molecule has 1 heterocycles. The van der Waals surface area contributed by atoms with Gasteiger partial charge in [0.2, 0.25) is 5.91 Å². The van der Waals surface area contributed by atoms with Gasteiger partial charge in [-0.05, 0) is 13.8 Å². The van der Waals surface area contributed by atoms with Crippen molar-refractivity contribution < 1.29 is 14.3 Å². The van der Waals surface area contributed by atoms with Crippen molar-refractivity contribution in [1.29, 1.82) is 5.26 Å². The van der Waals surface area contributed by atoms with Crippen molar-refractivity contribution in [2.75, 3.05) is 18.9 Å². The second-order valence-electron chi connectivity index (χ2n) is 2.94. The maximum absolute atomic E-state index is 11.5. The fraction of sp³-hybridized carbons (Fsp3) is 0.500. The zero-order valence-corrected chi connectivity index (χ0v) is 9.97. The molecule has 1 aliphatic rings. The lowest BCUT2D eigenvalue weighted by atomic mass is 10.3. The van der Waals surface area contributed by atoms with Crippen molar-refractivity contribution in [2.45, 2.75) is 13.8 Å². The molecule has 0 spiro atoms. The van der Waals surface area contributed by atoms with E-state index in [1.807, 2.05) is 0 Å². The van der Waals surface area contributed by atoms with E-state index in [0.717, 1.165) is 0 Å². The molecule has 6 heteroatoms. The van der Waals surface area contributed by atoms with Gasteiger partial charge in [-0.2, -0.15) is 5.26 Å². The SMILES string of the molecule is CCOC(=O)/C(C#N)=C1\SCC(=O)N1CC. The van der Waals surface area contributed by atoms with Gasteiger partial charge >= 0.3 is 5.97 Å². The van der Waals surface area contributed by atoms with Gasteiger partial charge in [0.1, 0.15) is 11.1 Å². The van der Waals surface area contributed by atoms with E-state index in [-0.39, 0.29) is 23.8 Å². The van der Waals surface area contributed by atoms with Crippen LogP contribution in [-0.4, -0.2) is 35.7 Å². The number of hydrogen-bond acceptors (Lipinski definition) is 5. The number of thioether (sulfide) groups is 1. The van der Waals surface area contributed by atoms with Crippen molar-refractivity contribution >= 4 is 23.6 Å². The van der Waals surface area contributed by atoms with Crippen molar-refractivity contribution in [1.82, 2.24) is 4.90 Å². The molecule has 0 radical (unpaired) electrons. The molecule has 0 N–H and O–H groups in total. The quantitative estimate of drug-likeness (QED) is 0.416. The van der Waals surface area contributed by atoms with Gasteiger partial charge in [0.05, 0.1) is 12.4 Å². The van der Waals surface area contributed by atoms with Crippen LogP contribution >= 0.6 is 11.8 Å². The Morgan fingerprint density at radius 3 is 2.81 bits per heavy atom. The first-order valence-electron chi connectivity index (χ1n) is 4.90. The van der Waals surface area contributed by atoms with E-state index < -0.39 is 5.97 Å². The molecule has 0 aromatic carbocycles. The van der Waals surface area contributed by atoms with Crippen LogP contribution in [0.2, 0.25) is 0 Å². The summed E-state index contributed by atoms with van der Waals surface area (Å²) >= 11 is 1.20. The molecule has 86 valence electrons. The van der Waals surface area contributed by atoms with Crippen molar-refractivity contribution in [3.05, 3.63) is 10.6 Å². The Hall–Kier alpha value is -1.48. The summed E-state index contributed by atoms with van der Waals surface area (Å²) in [5, 5.41) is 9.33. The Labute approximate surface area is 98.0 Å². The molecule has 1 fully saturated rings. The summed E-state index contributed by atoms with van der Waals surface area (Å²) in [6.07, 6.45) is 0. The Morgan fingerprint density at radius 2 is 2.31 bits per heavy atom. The molecule has 1 aliphatic heterocycles. The van der Waals surface area contributed by atoms with Crippen LogP contribution in [0.4, 0.5) is 0 Å². The number of nitriles is 1. The summed E-state index contributed by atoms with van der Waals surface area (Å²) in [6, 6.07) is 1.80. The normalized spacial score (nSPS) is 18.3. The van der Waals surface area contributed by atoms with Crippen molar-refractivity contribution in [2.24, 2.45) is 0 Å². The smallest absolute Gasteiger partial charge is 0.351 e. The number of ether oxygens (including phenoxy) is 1. The van der Waals surface area contributed by atoms with E-state index >= 15 is 0 Å². The molecule has 5 nitrogen and oxygen atoms in total. The van der Waals surface area contributed by atoms with Crippen LogP contribution < -0.4 is 0 Å². The maximum atomic E-state index is 11.5. The average molecular weight is 240 g/mol. The molecule has 1 saturated heterocycles. The van der Waals surface area contributed by atoms with Crippen LogP contribution in [-0.2, 0) is 14.3 Å². The number of nitrogens with zero attached hydrogens (tertiary/aromatic N) is 2. The third-order valence-corrected chi connectivity index (χ3v) is 3.09. The van der Waals surface area contributed by atoms with Crippen LogP contribution in [0, 0.1) is 11.3 Å². The first-order chi connectivity index (χ1) is 7.65. The summed E-state index contributed by atoms with van der Waals surface area (Å²) < 4.78 is 4.76. The van der Waals surface area contributed by atoms with E-state index in [9.17, 15) is 9.59 Å². The van der Waals surface area contributed by atoms with Gasteiger partial charge < -0.3 is 9.64 Å². The van der Waals surface area contributed by atoms with Gasteiger partial charge in [-0.3, -0.25) is 4.79 Å². The minimum atomic E-state index is -0.666. The molecule has 0 aromatic heterocycles. The molecule has 16 heavy (non-hydrogen) atoms. The molecule has 0 unspecified atom stereocenters. The highest BCUT2D eigenvalue weighted by Crippen LogP contribution is 2.31. The third kappa shape index (κ3) is 2.36. The summed E-state index contributed by atoms with van der Waals surface area (Å²) in [6.45, 7) is 4.12. The van der Waals surface area contributed by atoms with E-state index in [4.69, 9.17) is 10.00 Å². The lowest BCUT2D eigenvalue weighted by Crippen LogP contribution is -2.26. The van der Waals surface area contributed by atoms with Crippen LogP contribution in [0.15, 0.2) is 10.6 Å². The van der Waals surface area contributed by atoms with E-state index in [1.54, 1.807) is 19.9 Å². The van der Waals surface area contributed by atoms with E-state index in [1.165, 1.54) is 16.7 Å². The topological polar surface area (TPSA) is 70.4 Å². The fourth-order valence-electron chi connectivity index (χ4n) is 1.31. The second kappa shape index (κ2) is 5.56. The number of carbonyl (C=O) groups is 2. The number of amides is 1. The standard InChI is InChI=1S/C10H12N2O3S/c1-3-12-8(13)6-16-9(12)7(5-11)10(14)15-4-2/h3-4,6H2,1-2H3/b9-7-. The monoisotopic (exact) mass is 240 g/mol. The molecular weight excluding hydrogens is 228 g/mol. The zero-order chi connectivity index (χ0) is 12.1. The number of rotatable bonds is 3. The summed E-state index contributed by atoms with van der Waals surface area (Å²) in [5.74, 6) is -0.478. The number of carbonyl (C=O) groups excluding carboxylic acids is 2. The predicted octanol–water partition coefficient (Wildman–Crippen LogP) is 0.880. The van der Waals surface area contributed by atoms with Crippen molar-refractivity contribution in [3.63, 3.8) is 0 Å². The molecule has 0 aliphatic carbocycles. The second-order valence-corrected chi connectivity index (χ2v) is 3.90. The van der Waals surface area contributed by atoms with Gasteiger partial charge in [-0.15, -0.1) is 0 Å². The Morgan fingerprint density at radius 1 is 1.62 bits per heavy atom. The highest BCUT2D eigenvalue weighted by atomic mass is 32.2. The van der Waals surface area contributed by atoms with Gasteiger partial charge in [-0.25, -0.2) is 4.79 Å². The number of esters is 1. The number of hydrogen-bond donors (Lipinski definition) is 0. The molecule has 0 saturated carbocycles. The lowest BCUT2D eigenvalue weighted by molar-refractivity contribution is -0.138. The summed E-state index contributed by atoms with van der Waals surface area (Å²) in [5.41, 5.74) is -0.0837.